The van der Waals surface area contributed by atoms with Gasteiger partial charge in [0.2, 0.25) is 5.78 Å². The van der Waals surface area contributed by atoms with Crippen LogP contribution >= 0.6 is 0 Å². The summed E-state index contributed by atoms with van der Waals surface area (Å²) in [5.74, 6) is 0.197. The predicted octanol–water partition coefficient (Wildman–Crippen LogP) is 2.19. The molecule has 0 bridgehead atoms. The Kier molecular flexibility index (Phi) is 3.89. The zero-order chi connectivity index (χ0) is 11.6. The van der Waals surface area contributed by atoms with Crippen LogP contribution in [-0.2, 0) is 14.3 Å². The number of ether oxygens (including phenoxy) is 1. The number of hydrogen-bond donors (Lipinski definition) is 0. The van der Waals surface area contributed by atoms with E-state index in [1.807, 2.05) is 0 Å². The van der Waals surface area contributed by atoms with Crippen molar-refractivity contribution in [3.8, 4) is 0 Å². The van der Waals surface area contributed by atoms with Crippen LogP contribution in [0, 0.1) is 17.8 Å². The molecule has 0 radical (unpaired) electrons. The topological polar surface area (TPSA) is 43.4 Å². The lowest BCUT2D eigenvalue weighted by Gasteiger charge is -2.36. The first-order valence-electron chi connectivity index (χ1n) is 5.63. The molecule has 0 spiro atoms. The number of ketones is 1. The molecule has 0 heterocycles. The number of esters is 1. The van der Waals surface area contributed by atoms with E-state index in [1.54, 1.807) is 0 Å². The summed E-state index contributed by atoms with van der Waals surface area (Å²) < 4.78 is 5.24. The van der Waals surface area contributed by atoms with Crippen LogP contribution in [0.2, 0.25) is 0 Å². The predicted molar refractivity (Wildman–Crippen MR) is 57.3 cm³/mol. The molecule has 0 saturated heterocycles. The molecule has 0 N–H and O–H groups in total. The standard InChI is InChI=1S/C12H20O3/c1-7-5-8(2)11(9(3)6-7)15-12(14)10(4)13/h7-9,11H,5-6H2,1-4H3. The maximum Gasteiger partial charge on any atom is 0.374 e. The maximum absolute atomic E-state index is 11.2. The number of carbonyl (C=O) groups excluding carboxylic acids is 2. The summed E-state index contributed by atoms with van der Waals surface area (Å²) in [5, 5.41) is 0. The molecule has 0 aromatic carbocycles. The molecule has 1 aliphatic carbocycles. The van der Waals surface area contributed by atoms with Gasteiger partial charge in [-0.15, -0.1) is 0 Å². The summed E-state index contributed by atoms with van der Waals surface area (Å²) in [6.45, 7) is 7.65. The van der Waals surface area contributed by atoms with Gasteiger partial charge >= 0.3 is 5.97 Å². The largest absolute Gasteiger partial charge is 0.456 e. The van der Waals surface area contributed by atoms with Crippen molar-refractivity contribution >= 4 is 11.8 Å². The van der Waals surface area contributed by atoms with E-state index in [4.69, 9.17) is 4.74 Å². The van der Waals surface area contributed by atoms with Gasteiger partial charge in [-0.25, -0.2) is 4.79 Å². The summed E-state index contributed by atoms with van der Waals surface area (Å²) in [7, 11) is 0. The van der Waals surface area contributed by atoms with Crippen LogP contribution in [0.1, 0.15) is 40.5 Å². The molecule has 0 amide bonds. The van der Waals surface area contributed by atoms with E-state index in [2.05, 4.69) is 20.8 Å². The Morgan fingerprint density at radius 2 is 1.53 bits per heavy atom. The highest BCUT2D eigenvalue weighted by atomic mass is 16.5. The van der Waals surface area contributed by atoms with E-state index in [0.29, 0.717) is 17.8 Å². The molecule has 0 aromatic rings. The Bertz CT molecular complexity index is 248. The van der Waals surface area contributed by atoms with Crippen LogP contribution in [0.25, 0.3) is 0 Å². The van der Waals surface area contributed by atoms with E-state index in [0.717, 1.165) is 12.8 Å². The minimum Gasteiger partial charge on any atom is -0.456 e. The fourth-order valence-corrected chi connectivity index (χ4v) is 2.63. The third-order valence-electron chi connectivity index (χ3n) is 3.20. The molecule has 2 unspecified atom stereocenters. The SMILES string of the molecule is CC(=O)C(=O)OC1C(C)CC(C)CC1C. The third kappa shape index (κ3) is 3.05. The van der Waals surface area contributed by atoms with E-state index < -0.39 is 11.8 Å². The van der Waals surface area contributed by atoms with Crippen LogP contribution in [0.15, 0.2) is 0 Å². The maximum atomic E-state index is 11.2. The lowest BCUT2D eigenvalue weighted by Crippen LogP contribution is -2.38. The van der Waals surface area contributed by atoms with Crippen molar-refractivity contribution in [3.05, 3.63) is 0 Å². The van der Waals surface area contributed by atoms with Crippen LogP contribution in [-0.4, -0.2) is 17.9 Å². The van der Waals surface area contributed by atoms with E-state index in [9.17, 15) is 9.59 Å². The Morgan fingerprint density at radius 3 is 1.93 bits per heavy atom. The van der Waals surface area contributed by atoms with Crippen molar-refractivity contribution in [2.45, 2.75) is 46.6 Å². The monoisotopic (exact) mass is 212 g/mol. The highest BCUT2D eigenvalue weighted by Gasteiger charge is 2.34. The first-order valence-corrected chi connectivity index (χ1v) is 5.63. The molecular formula is C12H20O3. The van der Waals surface area contributed by atoms with Crippen molar-refractivity contribution in [1.29, 1.82) is 0 Å². The van der Waals surface area contributed by atoms with Gasteiger partial charge in [0, 0.05) is 6.92 Å². The second-order valence-electron chi connectivity index (χ2n) is 4.96. The number of Topliss-reactive ketones (excluding diaryl/α,β-unsaturated/α-hetero) is 1. The first kappa shape index (κ1) is 12.2. The van der Waals surface area contributed by atoms with Gasteiger partial charge in [-0.05, 0) is 30.6 Å². The minimum atomic E-state index is -0.687. The summed E-state index contributed by atoms with van der Waals surface area (Å²) in [4.78, 5) is 22.0. The third-order valence-corrected chi connectivity index (χ3v) is 3.20. The van der Waals surface area contributed by atoms with E-state index >= 15 is 0 Å². The van der Waals surface area contributed by atoms with Crippen molar-refractivity contribution in [3.63, 3.8) is 0 Å². The fraction of sp³-hybridized carbons (Fsp3) is 0.833. The van der Waals surface area contributed by atoms with Crippen molar-refractivity contribution in [1.82, 2.24) is 0 Å². The van der Waals surface area contributed by atoms with Crippen molar-refractivity contribution in [2.75, 3.05) is 0 Å². The van der Waals surface area contributed by atoms with Crippen LogP contribution in [0.5, 0.6) is 0 Å². The van der Waals surface area contributed by atoms with E-state index in [-0.39, 0.29) is 6.10 Å². The summed E-state index contributed by atoms with van der Waals surface area (Å²) in [5.41, 5.74) is 0. The molecule has 0 aromatic heterocycles. The molecule has 3 heteroatoms. The van der Waals surface area contributed by atoms with Gasteiger partial charge in [0.05, 0.1) is 0 Å². The van der Waals surface area contributed by atoms with Gasteiger partial charge in [-0.2, -0.15) is 0 Å². The van der Waals surface area contributed by atoms with Gasteiger partial charge < -0.3 is 4.74 Å². The summed E-state index contributed by atoms with van der Waals surface area (Å²) >= 11 is 0. The van der Waals surface area contributed by atoms with Crippen molar-refractivity contribution in [2.24, 2.45) is 17.8 Å². The second kappa shape index (κ2) is 4.77. The van der Waals surface area contributed by atoms with Crippen LogP contribution in [0.3, 0.4) is 0 Å². The fourth-order valence-electron chi connectivity index (χ4n) is 2.63. The number of carbonyl (C=O) groups is 2. The molecule has 1 rings (SSSR count). The zero-order valence-electron chi connectivity index (χ0n) is 9.95. The van der Waals surface area contributed by atoms with Crippen LogP contribution < -0.4 is 0 Å². The molecular weight excluding hydrogens is 192 g/mol. The van der Waals surface area contributed by atoms with Gasteiger partial charge in [0.15, 0.2) is 0 Å². The quantitative estimate of drug-likeness (QED) is 0.520. The Balaban J connectivity index is 2.60. The van der Waals surface area contributed by atoms with Gasteiger partial charge in [-0.1, -0.05) is 20.8 Å². The smallest absolute Gasteiger partial charge is 0.374 e. The second-order valence-corrected chi connectivity index (χ2v) is 4.96. The average molecular weight is 212 g/mol. The normalized spacial score (nSPS) is 36.0. The average Bonchev–Trinajstić information content (AvgIpc) is 2.10. The number of rotatable bonds is 2. The molecule has 15 heavy (non-hydrogen) atoms. The molecule has 1 saturated carbocycles. The van der Waals surface area contributed by atoms with Crippen molar-refractivity contribution < 1.29 is 14.3 Å². The Labute approximate surface area is 91.2 Å². The van der Waals surface area contributed by atoms with Gasteiger partial charge in [0.1, 0.15) is 6.10 Å². The lowest BCUT2D eigenvalue weighted by atomic mass is 9.75. The Hall–Kier alpha value is -0.860. The lowest BCUT2D eigenvalue weighted by molar-refractivity contribution is -0.163. The highest BCUT2D eigenvalue weighted by Crippen LogP contribution is 2.34. The van der Waals surface area contributed by atoms with Crippen LogP contribution in [0.4, 0.5) is 0 Å². The summed E-state index contributed by atoms with van der Waals surface area (Å²) in [6.07, 6.45) is 2.05. The zero-order valence-corrected chi connectivity index (χ0v) is 9.95. The Morgan fingerprint density at radius 1 is 1.07 bits per heavy atom. The summed E-state index contributed by atoms with van der Waals surface area (Å²) in [6, 6.07) is 0. The van der Waals surface area contributed by atoms with E-state index in [1.165, 1.54) is 6.92 Å². The van der Waals surface area contributed by atoms with Gasteiger partial charge in [-0.3, -0.25) is 4.79 Å². The molecule has 3 nitrogen and oxygen atoms in total. The molecule has 86 valence electrons. The number of hydrogen-bond acceptors (Lipinski definition) is 3. The highest BCUT2D eigenvalue weighted by molar-refractivity contribution is 6.32. The first-order chi connectivity index (χ1) is 6.91. The molecule has 1 aliphatic rings. The molecule has 2 atom stereocenters. The molecule has 1 fully saturated rings. The van der Waals surface area contributed by atoms with Gasteiger partial charge in [0.25, 0.3) is 0 Å². The minimum absolute atomic E-state index is 0.0856. The molecule has 0 aliphatic heterocycles.